The van der Waals surface area contributed by atoms with Crippen LogP contribution in [-0.4, -0.2) is 70.8 Å². The summed E-state index contributed by atoms with van der Waals surface area (Å²) in [6, 6.07) is -0.596. The van der Waals surface area contributed by atoms with Crippen molar-refractivity contribution in [2.24, 2.45) is 5.92 Å². The van der Waals surface area contributed by atoms with E-state index in [2.05, 4.69) is 5.32 Å². The maximum absolute atomic E-state index is 12.4. The fourth-order valence-electron chi connectivity index (χ4n) is 3.91. The molecule has 26 heavy (non-hydrogen) atoms. The van der Waals surface area contributed by atoms with Crippen LogP contribution in [0, 0.1) is 5.92 Å². The average molecular weight is 370 g/mol. The molecular formula is C18H30N2O6. The molecule has 3 amide bonds. The molecule has 2 N–H and O–H groups in total. The van der Waals surface area contributed by atoms with Crippen molar-refractivity contribution in [1.29, 1.82) is 0 Å². The van der Waals surface area contributed by atoms with Gasteiger partial charge in [0.1, 0.15) is 0 Å². The fraction of sp³-hybridized carbons (Fsp3) is 0.889. The zero-order valence-electron chi connectivity index (χ0n) is 16.2. The van der Waals surface area contributed by atoms with E-state index >= 15 is 0 Å². The van der Waals surface area contributed by atoms with E-state index in [4.69, 9.17) is 14.2 Å². The zero-order valence-corrected chi connectivity index (χ0v) is 16.2. The number of hydrogen-bond donors (Lipinski definition) is 2. The molecule has 3 unspecified atom stereocenters. The minimum absolute atomic E-state index is 0.0496. The van der Waals surface area contributed by atoms with Gasteiger partial charge in [0, 0.05) is 12.0 Å². The number of carbonyl (C=O) groups is 2. The number of ether oxygens (including phenoxy) is 3. The number of rotatable bonds is 6. The van der Waals surface area contributed by atoms with Gasteiger partial charge < -0.3 is 19.3 Å². The molecule has 2 heterocycles. The van der Waals surface area contributed by atoms with Crippen LogP contribution >= 0.6 is 0 Å². The average Bonchev–Trinajstić information content (AvgIpc) is 3.14. The Morgan fingerprint density at radius 3 is 2.62 bits per heavy atom. The maximum atomic E-state index is 12.4. The van der Waals surface area contributed by atoms with E-state index in [1.807, 2.05) is 34.6 Å². The molecule has 5 atom stereocenters. The summed E-state index contributed by atoms with van der Waals surface area (Å²) >= 11 is 0. The number of aliphatic hydroxyl groups excluding tert-OH is 1. The van der Waals surface area contributed by atoms with Crippen LogP contribution in [0.25, 0.3) is 0 Å². The molecule has 8 heteroatoms. The van der Waals surface area contributed by atoms with Gasteiger partial charge in [0.15, 0.2) is 6.23 Å². The highest BCUT2D eigenvalue weighted by Crippen LogP contribution is 2.46. The molecule has 3 aliphatic rings. The number of aliphatic hydroxyl groups is 1. The van der Waals surface area contributed by atoms with Gasteiger partial charge in [0.25, 0.3) is 5.91 Å². The van der Waals surface area contributed by atoms with Crippen LogP contribution in [0.3, 0.4) is 0 Å². The minimum atomic E-state index is -1.30. The Morgan fingerprint density at radius 2 is 2.04 bits per heavy atom. The summed E-state index contributed by atoms with van der Waals surface area (Å²) in [4.78, 5) is 25.9. The van der Waals surface area contributed by atoms with Crippen molar-refractivity contribution in [3.63, 3.8) is 0 Å². The predicted molar refractivity (Wildman–Crippen MR) is 92.3 cm³/mol. The highest BCUT2D eigenvalue weighted by atomic mass is 16.7. The third-order valence-electron chi connectivity index (χ3n) is 5.14. The van der Waals surface area contributed by atoms with Crippen molar-refractivity contribution in [1.82, 2.24) is 10.2 Å². The molecule has 0 radical (unpaired) electrons. The molecule has 3 rings (SSSR count). The summed E-state index contributed by atoms with van der Waals surface area (Å²) in [5.41, 5.74) is -1.61. The molecule has 2 aliphatic heterocycles. The van der Waals surface area contributed by atoms with Gasteiger partial charge in [-0.1, -0.05) is 0 Å². The van der Waals surface area contributed by atoms with E-state index in [1.54, 1.807) is 4.90 Å². The van der Waals surface area contributed by atoms with E-state index in [9.17, 15) is 14.7 Å². The van der Waals surface area contributed by atoms with Gasteiger partial charge in [-0.15, -0.1) is 0 Å². The second-order valence-corrected chi connectivity index (χ2v) is 8.72. The topological polar surface area (TPSA) is 101 Å². The largest absolute Gasteiger partial charge is 0.393 e. The van der Waals surface area contributed by atoms with Gasteiger partial charge >= 0.3 is 6.03 Å². The van der Waals surface area contributed by atoms with E-state index < -0.39 is 30.4 Å². The monoisotopic (exact) mass is 370 g/mol. The fourth-order valence-corrected chi connectivity index (χ4v) is 3.91. The Labute approximate surface area is 154 Å². The first kappa shape index (κ1) is 19.5. The SMILES string of the molecule is CC(C)OC[C@H]1C[C@@H](N2C(=O)NC(=O)C3(CO)OC23)CC1OC(C)(C)C. The summed E-state index contributed by atoms with van der Waals surface area (Å²) in [6.07, 6.45) is 0.724. The van der Waals surface area contributed by atoms with Gasteiger partial charge in [-0.05, 0) is 47.5 Å². The number of epoxide rings is 1. The second kappa shape index (κ2) is 6.74. The van der Waals surface area contributed by atoms with E-state index in [0.717, 1.165) is 0 Å². The summed E-state index contributed by atoms with van der Waals surface area (Å²) in [5.74, 6) is -0.416. The summed E-state index contributed by atoms with van der Waals surface area (Å²) < 4.78 is 17.5. The number of urea groups is 1. The van der Waals surface area contributed by atoms with Crippen molar-refractivity contribution in [2.45, 2.75) is 83.1 Å². The number of carbonyl (C=O) groups excluding carboxylic acids is 2. The quantitative estimate of drug-likeness (QED) is 0.677. The third kappa shape index (κ3) is 3.60. The van der Waals surface area contributed by atoms with E-state index in [1.165, 1.54) is 0 Å². The lowest BCUT2D eigenvalue weighted by Gasteiger charge is -2.32. The van der Waals surface area contributed by atoms with E-state index in [-0.39, 0.29) is 29.8 Å². The first-order chi connectivity index (χ1) is 12.1. The Balaban J connectivity index is 1.74. The Bertz CT molecular complexity index is 575. The van der Waals surface area contributed by atoms with Crippen LogP contribution in [0.4, 0.5) is 4.79 Å². The highest BCUT2D eigenvalue weighted by Gasteiger charge is 2.70. The Hall–Kier alpha value is -1.22. The minimum Gasteiger partial charge on any atom is -0.393 e. The van der Waals surface area contributed by atoms with Crippen molar-refractivity contribution in [2.75, 3.05) is 13.2 Å². The Kier molecular flexibility index (Phi) is 5.07. The second-order valence-electron chi connectivity index (χ2n) is 8.72. The van der Waals surface area contributed by atoms with Crippen LogP contribution in [0.5, 0.6) is 0 Å². The number of nitrogens with zero attached hydrogens (tertiary/aromatic N) is 1. The van der Waals surface area contributed by atoms with Crippen molar-refractivity contribution >= 4 is 11.9 Å². The lowest BCUT2D eigenvalue weighted by molar-refractivity contribution is -0.127. The molecule has 0 aromatic rings. The van der Waals surface area contributed by atoms with Crippen LogP contribution in [-0.2, 0) is 19.0 Å². The van der Waals surface area contributed by atoms with Gasteiger partial charge in [-0.3, -0.25) is 15.0 Å². The molecule has 0 aromatic carbocycles. The number of fused-ring (bicyclic) bond motifs is 1. The molecule has 3 fully saturated rings. The predicted octanol–water partition coefficient (Wildman–Crippen LogP) is 1.01. The molecule has 0 bridgehead atoms. The Morgan fingerprint density at radius 1 is 1.35 bits per heavy atom. The molecule has 8 nitrogen and oxygen atoms in total. The normalized spacial score (nSPS) is 37.1. The summed E-state index contributed by atoms with van der Waals surface area (Å²) in [6.45, 7) is 10.1. The van der Waals surface area contributed by atoms with E-state index in [0.29, 0.717) is 19.4 Å². The molecular weight excluding hydrogens is 340 g/mol. The maximum Gasteiger partial charge on any atom is 0.326 e. The molecule has 0 spiro atoms. The number of hydrogen-bond acceptors (Lipinski definition) is 6. The summed E-state index contributed by atoms with van der Waals surface area (Å²) in [7, 11) is 0. The number of amides is 3. The highest BCUT2D eigenvalue weighted by molar-refractivity contribution is 6.04. The van der Waals surface area contributed by atoms with Crippen LogP contribution < -0.4 is 5.32 Å². The summed E-state index contributed by atoms with van der Waals surface area (Å²) in [5, 5.41) is 11.9. The van der Waals surface area contributed by atoms with Crippen molar-refractivity contribution < 1.29 is 28.9 Å². The lowest BCUT2D eigenvalue weighted by atomic mass is 10.0. The van der Waals surface area contributed by atoms with Crippen molar-refractivity contribution in [3.05, 3.63) is 0 Å². The number of nitrogens with one attached hydrogen (secondary N) is 1. The smallest absolute Gasteiger partial charge is 0.326 e. The number of imide groups is 1. The first-order valence-electron chi connectivity index (χ1n) is 9.29. The molecule has 2 saturated heterocycles. The van der Waals surface area contributed by atoms with Crippen LogP contribution in [0.1, 0.15) is 47.5 Å². The van der Waals surface area contributed by atoms with Crippen LogP contribution in [0.15, 0.2) is 0 Å². The van der Waals surface area contributed by atoms with Gasteiger partial charge in [0.2, 0.25) is 5.60 Å². The zero-order chi connectivity index (χ0) is 19.3. The molecule has 1 saturated carbocycles. The molecule has 1 aliphatic carbocycles. The van der Waals surface area contributed by atoms with Gasteiger partial charge in [-0.2, -0.15) is 0 Å². The lowest BCUT2D eigenvalue weighted by Crippen LogP contribution is -2.60. The molecule has 0 aromatic heterocycles. The third-order valence-corrected chi connectivity index (χ3v) is 5.14. The standard InChI is InChI=1S/C18H30N2O6/c1-10(2)24-8-11-6-12(7-13(11)25-17(3,4)5)20-15-18(9-21,26-15)14(22)19-16(20)23/h10-13,15,21H,6-9H2,1-5H3,(H,19,22,23)/t11-,12-,13?,15?,18?/m1/s1. The molecule has 148 valence electrons. The van der Waals surface area contributed by atoms with Crippen molar-refractivity contribution in [3.8, 4) is 0 Å². The first-order valence-corrected chi connectivity index (χ1v) is 9.29. The van der Waals surface area contributed by atoms with Gasteiger partial charge in [-0.25, -0.2) is 4.79 Å². The van der Waals surface area contributed by atoms with Gasteiger partial charge in [0.05, 0.1) is 31.0 Å². The van der Waals surface area contributed by atoms with Crippen LogP contribution in [0.2, 0.25) is 0 Å².